The van der Waals surface area contributed by atoms with E-state index in [0.29, 0.717) is 12.2 Å². The van der Waals surface area contributed by atoms with Gasteiger partial charge in [0.1, 0.15) is 5.82 Å². The van der Waals surface area contributed by atoms with Crippen LogP contribution >= 0.6 is 0 Å². The lowest BCUT2D eigenvalue weighted by molar-refractivity contribution is -0.0509. The first kappa shape index (κ1) is 12.3. The Morgan fingerprint density at radius 1 is 1.53 bits per heavy atom. The summed E-state index contributed by atoms with van der Waals surface area (Å²) in [6.07, 6.45) is 1.12. The molecule has 3 nitrogen and oxygen atoms in total. The Morgan fingerprint density at radius 3 is 2.76 bits per heavy atom. The van der Waals surface area contributed by atoms with Crippen LogP contribution in [0.15, 0.2) is 6.07 Å². The van der Waals surface area contributed by atoms with Gasteiger partial charge in [0.05, 0.1) is 11.7 Å². The molecule has 1 aromatic heterocycles. The van der Waals surface area contributed by atoms with E-state index in [4.69, 9.17) is 5.73 Å². The number of halogens is 2. The fourth-order valence-electron chi connectivity index (χ4n) is 2.36. The largest absolute Gasteiger partial charge is 0.384 e. The van der Waals surface area contributed by atoms with Gasteiger partial charge in [-0.3, -0.25) is 0 Å². The minimum absolute atomic E-state index is 0.0122. The summed E-state index contributed by atoms with van der Waals surface area (Å²) in [5.41, 5.74) is 6.73. The number of aromatic nitrogens is 2. The molecule has 1 atom stereocenters. The Morgan fingerprint density at radius 2 is 2.24 bits per heavy atom. The standard InChI is InChI=1S/C12H19F2N3/c1-8(2)10-6-11(15)17(16-10)9-4-3-5-12(13,14)7-9/h6,8-9H,3-5,7,15H2,1-2H3. The van der Waals surface area contributed by atoms with Crippen LogP contribution in [0.1, 0.15) is 57.2 Å². The van der Waals surface area contributed by atoms with Crippen molar-refractivity contribution in [2.75, 3.05) is 5.73 Å². The van der Waals surface area contributed by atoms with Crippen molar-refractivity contribution in [3.8, 4) is 0 Å². The molecule has 0 aliphatic heterocycles. The molecule has 1 unspecified atom stereocenters. The maximum Gasteiger partial charge on any atom is 0.250 e. The summed E-state index contributed by atoms with van der Waals surface area (Å²) in [5, 5.41) is 4.36. The van der Waals surface area contributed by atoms with Crippen LogP contribution in [-0.2, 0) is 0 Å². The zero-order valence-corrected chi connectivity index (χ0v) is 10.3. The Labute approximate surface area is 100.0 Å². The number of nitrogen functional groups attached to an aromatic ring is 1. The molecule has 0 bridgehead atoms. The van der Waals surface area contributed by atoms with Crippen molar-refractivity contribution < 1.29 is 8.78 Å². The van der Waals surface area contributed by atoms with Crippen LogP contribution in [0.25, 0.3) is 0 Å². The summed E-state index contributed by atoms with van der Waals surface area (Å²) in [5.74, 6) is -1.81. The molecule has 0 radical (unpaired) electrons. The third-order valence-corrected chi connectivity index (χ3v) is 3.34. The number of hydrogen-bond donors (Lipinski definition) is 1. The van der Waals surface area contributed by atoms with Gasteiger partial charge in [0, 0.05) is 18.9 Å². The van der Waals surface area contributed by atoms with Crippen LogP contribution in [0.3, 0.4) is 0 Å². The lowest BCUT2D eigenvalue weighted by atomic mass is 9.92. The molecule has 1 fully saturated rings. The Kier molecular flexibility index (Phi) is 3.10. The summed E-state index contributed by atoms with van der Waals surface area (Å²) < 4.78 is 28.3. The van der Waals surface area contributed by atoms with Gasteiger partial charge in [-0.05, 0) is 18.8 Å². The molecule has 1 saturated carbocycles. The maximum atomic E-state index is 13.4. The van der Waals surface area contributed by atoms with Crippen molar-refractivity contribution in [2.24, 2.45) is 0 Å². The van der Waals surface area contributed by atoms with Gasteiger partial charge >= 0.3 is 0 Å². The molecule has 2 rings (SSSR count). The van der Waals surface area contributed by atoms with Crippen molar-refractivity contribution in [3.05, 3.63) is 11.8 Å². The first-order valence-electron chi connectivity index (χ1n) is 6.12. The molecule has 0 saturated heterocycles. The SMILES string of the molecule is CC(C)c1cc(N)n(C2CCCC(F)(F)C2)n1. The smallest absolute Gasteiger partial charge is 0.250 e. The van der Waals surface area contributed by atoms with Crippen LogP contribution in [-0.4, -0.2) is 15.7 Å². The van der Waals surface area contributed by atoms with Gasteiger partial charge in [-0.15, -0.1) is 0 Å². The van der Waals surface area contributed by atoms with Crippen molar-refractivity contribution in [1.29, 1.82) is 0 Å². The molecule has 96 valence electrons. The monoisotopic (exact) mass is 243 g/mol. The molecular formula is C12H19F2N3. The van der Waals surface area contributed by atoms with Crippen molar-refractivity contribution in [1.82, 2.24) is 9.78 Å². The lowest BCUT2D eigenvalue weighted by Crippen LogP contribution is -2.29. The zero-order chi connectivity index (χ0) is 12.6. The van der Waals surface area contributed by atoms with E-state index >= 15 is 0 Å². The van der Waals surface area contributed by atoms with Crippen molar-refractivity contribution >= 4 is 5.82 Å². The quantitative estimate of drug-likeness (QED) is 0.865. The normalized spacial score (nSPS) is 24.2. The van der Waals surface area contributed by atoms with Gasteiger partial charge in [0.15, 0.2) is 0 Å². The van der Waals surface area contributed by atoms with Crippen LogP contribution in [0, 0.1) is 0 Å². The number of nitrogens with two attached hydrogens (primary N) is 1. The van der Waals surface area contributed by atoms with Gasteiger partial charge in [-0.2, -0.15) is 5.10 Å². The average Bonchev–Trinajstić information content (AvgIpc) is 2.59. The fourth-order valence-corrected chi connectivity index (χ4v) is 2.36. The minimum Gasteiger partial charge on any atom is -0.384 e. The number of alkyl halides is 2. The van der Waals surface area contributed by atoms with E-state index in [0.717, 1.165) is 12.1 Å². The number of anilines is 1. The molecule has 1 heterocycles. The average molecular weight is 243 g/mol. The van der Waals surface area contributed by atoms with E-state index in [9.17, 15) is 8.78 Å². The van der Waals surface area contributed by atoms with Crippen LogP contribution in [0.2, 0.25) is 0 Å². The highest BCUT2D eigenvalue weighted by Gasteiger charge is 2.37. The molecule has 2 N–H and O–H groups in total. The third-order valence-electron chi connectivity index (χ3n) is 3.34. The zero-order valence-electron chi connectivity index (χ0n) is 10.3. The Hall–Kier alpha value is -1.13. The second kappa shape index (κ2) is 4.27. The highest BCUT2D eigenvalue weighted by Crippen LogP contribution is 2.39. The maximum absolute atomic E-state index is 13.4. The molecule has 5 heteroatoms. The lowest BCUT2D eigenvalue weighted by Gasteiger charge is -2.29. The molecule has 0 amide bonds. The van der Waals surface area contributed by atoms with Gasteiger partial charge in [0.2, 0.25) is 5.92 Å². The minimum atomic E-state index is -2.57. The van der Waals surface area contributed by atoms with Gasteiger partial charge < -0.3 is 5.73 Å². The molecule has 1 aliphatic rings. The molecule has 0 spiro atoms. The summed E-state index contributed by atoms with van der Waals surface area (Å²) in [7, 11) is 0. The van der Waals surface area contributed by atoms with E-state index in [2.05, 4.69) is 5.10 Å². The molecule has 17 heavy (non-hydrogen) atoms. The highest BCUT2D eigenvalue weighted by molar-refractivity contribution is 5.32. The predicted octanol–water partition coefficient (Wildman–Crippen LogP) is 3.34. The Balaban J connectivity index is 2.22. The first-order chi connectivity index (χ1) is 7.89. The van der Waals surface area contributed by atoms with Crippen LogP contribution < -0.4 is 5.73 Å². The summed E-state index contributed by atoms with van der Waals surface area (Å²) in [6.45, 7) is 4.03. The number of nitrogens with zero attached hydrogens (tertiary/aromatic N) is 2. The first-order valence-corrected chi connectivity index (χ1v) is 6.12. The Bertz CT molecular complexity index is 398. The number of rotatable bonds is 2. The predicted molar refractivity (Wildman–Crippen MR) is 63.2 cm³/mol. The molecular weight excluding hydrogens is 224 g/mol. The second-order valence-electron chi connectivity index (χ2n) is 5.20. The van der Waals surface area contributed by atoms with Crippen molar-refractivity contribution in [3.63, 3.8) is 0 Å². The molecule has 1 aromatic rings. The van der Waals surface area contributed by atoms with E-state index in [1.54, 1.807) is 10.7 Å². The molecule has 1 aliphatic carbocycles. The topological polar surface area (TPSA) is 43.8 Å². The third kappa shape index (κ3) is 2.58. The van der Waals surface area contributed by atoms with Crippen molar-refractivity contribution in [2.45, 2.75) is 57.4 Å². The van der Waals surface area contributed by atoms with E-state index in [1.807, 2.05) is 13.8 Å². The summed E-state index contributed by atoms with van der Waals surface area (Å²) >= 11 is 0. The van der Waals surface area contributed by atoms with Crippen LogP contribution in [0.4, 0.5) is 14.6 Å². The summed E-state index contributed by atoms with van der Waals surface area (Å²) in [4.78, 5) is 0. The van der Waals surface area contributed by atoms with E-state index < -0.39 is 5.92 Å². The highest BCUT2D eigenvalue weighted by atomic mass is 19.3. The van der Waals surface area contributed by atoms with Gasteiger partial charge in [-0.25, -0.2) is 13.5 Å². The molecule has 0 aromatic carbocycles. The fraction of sp³-hybridized carbons (Fsp3) is 0.750. The van der Waals surface area contributed by atoms with Crippen LogP contribution in [0.5, 0.6) is 0 Å². The van der Waals surface area contributed by atoms with Gasteiger partial charge in [-0.1, -0.05) is 13.8 Å². The number of hydrogen-bond acceptors (Lipinski definition) is 2. The van der Waals surface area contributed by atoms with E-state index in [1.165, 1.54) is 0 Å². The van der Waals surface area contributed by atoms with E-state index in [-0.39, 0.29) is 24.8 Å². The summed E-state index contributed by atoms with van der Waals surface area (Å²) in [6, 6.07) is 1.53. The van der Waals surface area contributed by atoms with Gasteiger partial charge in [0.25, 0.3) is 0 Å². The second-order valence-corrected chi connectivity index (χ2v) is 5.20.